The molecule has 1 spiro atoms. The fourth-order valence-corrected chi connectivity index (χ4v) is 5.17. The van der Waals surface area contributed by atoms with Gasteiger partial charge in [0.25, 0.3) is 0 Å². The molecule has 1 aromatic rings. The fraction of sp³-hybridized carbons (Fsp3) is 0.792. The third-order valence-electron chi connectivity index (χ3n) is 6.35. The molecule has 3 aliphatic rings. The first-order valence-electron chi connectivity index (χ1n) is 11.9. The van der Waals surface area contributed by atoms with Crippen LogP contribution in [0.15, 0.2) is 11.4 Å². The second-order valence-corrected chi connectivity index (χ2v) is 9.41. The van der Waals surface area contributed by atoms with Gasteiger partial charge in [-0.3, -0.25) is 0 Å². The lowest BCUT2D eigenvalue weighted by Crippen LogP contribution is -2.39. The van der Waals surface area contributed by atoms with Crippen molar-refractivity contribution in [1.29, 1.82) is 0 Å². The molecule has 1 aliphatic heterocycles. The number of aliphatic hydroxyl groups excluding tert-OH is 1. The molecule has 0 atom stereocenters. The van der Waals surface area contributed by atoms with E-state index in [9.17, 15) is 4.79 Å². The molecule has 4 rings (SSSR count). The van der Waals surface area contributed by atoms with E-state index in [1.807, 2.05) is 25.3 Å². The van der Waals surface area contributed by atoms with E-state index in [4.69, 9.17) is 19.3 Å². The maximum atomic E-state index is 11.6. The number of aliphatic hydroxyl groups is 1. The molecule has 2 N–H and O–H groups in total. The summed E-state index contributed by atoms with van der Waals surface area (Å²) >= 11 is 1.40. The van der Waals surface area contributed by atoms with Crippen LogP contribution in [-0.4, -0.2) is 49.8 Å². The van der Waals surface area contributed by atoms with Gasteiger partial charge in [-0.1, -0.05) is 33.6 Å². The fourth-order valence-electron chi connectivity index (χ4n) is 4.39. The van der Waals surface area contributed by atoms with Crippen LogP contribution >= 0.6 is 11.3 Å². The SMILES string of the molecule is CC.CC1CCC(CO)CC1.COC(=O)c1sccc1NC1CCC2(CC1)OCCO2. The standard InChI is InChI=1S/C14H19NO4S.C8H16O.C2H6/c1-17-13(16)12-11(4-9-20-12)15-10-2-5-14(6-3-10)18-7-8-19-14;1-7-2-4-8(6-9)5-3-7;1-2/h4,9-10,15H,2-3,5-8H2,1H3;7-9H,2-6H2,1H3;1-2H3. The lowest BCUT2D eigenvalue weighted by Gasteiger charge is -2.35. The largest absolute Gasteiger partial charge is 0.465 e. The van der Waals surface area contributed by atoms with Crippen molar-refractivity contribution in [3.8, 4) is 0 Å². The number of methoxy groups -OCH3 is 1. The summed E-state index contributed by atoms with van der Waals surface area (Å²) < 4.78 is 16.2. The Bertz CT molecular complexity index is 626. The number of thiophene rings is 1. The number of esters is 1. The van der Waals surface area contributed by atoms with E-state index < -0.39 is 0 Å². The van der Waals surface area contributed by atoms with E-state index in [0.717, 1.165) is 37.3 Å². The van der Waals surface area contributed by atoms with Gasteiger partial charge >= 0.3 is 5.97 Å². The lowest BCUT2D eigenvalue weighted by atomic mass is 9.84. The zero-order chi connectivity index (χ0) is 22.7. The summed E-state index contributed by atoms with van der Waals surface area (Å²) in [5, 5.41) is 14.1. The Morgan fingerprint density at radius 3 is 2.32 bits per heavy atom. The van der Waals surface area contributed by atoms with E-state index in [0.29, 0.717) is 36.7 Å². The van der Waals surface area contributed by atoms with Crippen molar-refractivity contribution in [3.05, 3.63) is 16.3 Å². The van der Waals surface area contributed by atoms with Crippen LogP contribution < -0.4 is 5.32 Å². The molecule has 31 heavy (non-hydrogen) atoms. The topological polar surface area (TPSA) is 77.0 Å². The third-order valence-corrected chi connectivity index (χ3v) is 7.24. The van der Waals surface area contributed by atoms with E-state index in [-0.39, 0.29) is 11.8 Å². The smallest absolute Gasteiger partial charge is 0.350 e. The molecule has 7 heteroatoms. The Morgan fingerprint density at radius 1 is 1.16 bits per heavy atom. The van der Waals surface area contributed by atoms with Gasteiger partial charge in [0.15, 0.2) is 5.79 Å². The number of rotatable bonds is 4. The van der Waals surface area contributed by atoms with Gasteiger partial charge in [-0.2, -0.15) is 0 Å². The molecule has 1 saturated heterocycles. The van der Waals surface area contributed by atoms with Crippen LogP contribution in [0.2, 0.25) is 0 Å². The molecule has 0 bridgehead atoms. The summed E-state index contributed by atoms with van der Waals surface area (Å²) in [4.78, 5) is 12.3. The molecule has 0 aromatic carbocycles. The summed E-state index contributed by atoms with van der Waals surface area (Å²) in [6.45, 7) is 8.12. The summed E-state index contributed by atoms with van der Waals surface area (Å²) in [6, 6.07) is 2.29. The molecular weight excluding hydrogens is 414 g/mol. The minimum Gasteiger partial charge on any atom is -0.465 e. The Labute approximate surface area is 191 Å². The van der Waals surface area contributed by atoms with Gasteiger partial charge in [0.1, 0.15) is 4.88 Å². The van der Waals surface area contributed by atoms with Crippen LogP contribution in [-0.2, 0) is 14.2 Å². The number of nitrogens with one attached hydrogen (secondary N) is 1. The van der Waals surface area contributed by atoms with Crippen molar-refractivity contribution in [2.24, 2.45) is 11.8 Å². The monoisotopic (exact) mass is 455 g/mol. The van der Waals surface area contributed by atoms with Gasteiger partial charge in [-0.15, -0.1) is 11.3 Å². The van der Waals surface area contributed by atoms with Gasteiger partial charge in [0, 0.05) is 25.5 Å². The quantitative estimate of drug-likeness (QED) is 0.587. The van der Waals surface area contributed by atoms with Crippen molar-refractivity contribution in [2.75, 3.05) is 32.2 Å². The van der Waals surface area contributed by atoms with E-state index in [1.54, 1.807) is 0 Å². The first-order valence-corrected chi connectivity index (χ1v) is 12.7. The molecule has 2 heterocycles. The number of hydrogen-bond donors (Lipinski definition) is 2. The first kappa shape index (κ1) is 26.1. The first-order chi connectivity index (χ1) is 15.0. The van der Waals surface area contributed by atoms with Crippen LogP contribution in [0.3, 0.4) is 0 Å². The molecule has 178 valence electrons. The third kappa shape index (κ3) is 7.74. The van der Waals surface area contributed by atoms with Gasteiger partial charge in [-0.25, -0.2) is 4.79 Å². The van der Waals surface area contributed by atoms with Crippen molar-refractivity contribution in [2.45, 2.75) is 84.0 Å². The predicted molar refractivity (Wildman–Crippen MR) is 126 cm³/mol. The normalized spacial score (nSPS) is 25.1. The summed E-state index contributed by atoms with van der Waals surface area (Å²) in [5.41, 5.74) is 0.871. The molecular formula is C24H41NO5S. The van der Waals surface area contributed by atoms with Gasteiger partial charge < -0.3 is 24.6 Å². The molecule has 0 amide bonds. The van der Waals surface area contributed by atoms with Crippen LogP contribution in [0.1, 0.15) is 81.8 Å². The average Bonchev–Trinajstić information content (AvgIpc) is 3.47. The Morgan fingerprint density at radius 2 is 1.77 bits per heavy atom. The lowest BCUT2D eigenvalue weighted by molar-refractivity contribution is -0.177. The van der Waals surface area contributed by atoms with Gasteiger partial charge in [-0.05, 0) is 49.0 Å². The highest BCUT2D eigenvalue weighted by molar-refractivity contribution is 7.12. The predicted octanol–water partition coefficient (Wildman–Crippen LogP) is 5.46. The highest BCUT2D eigenvalue weighted by atomic mass is 32.1. The molecule has 6 nitrogen and oxygen atoms in total. The van der Waals surface area contributed by atoms with Crippen molar-refractivity contribution < 1.29 is 24.1 Å². The molecule has 0 unspecified atom stereocenters. The van der Waals surface area contributed by atoms with Crippen LogP contribution in [0.4, 0.5) is 5.69 Å². The van der Waals surface area contributed by atoms with Crippen LogP contribution in [0.5, 0.6) is 0 Å². The molecule has 1 aromatic heterocycles. The number of ether oxygens (including phenoxy) is 3. The number of carbonyl (C=O) groups is 1. The van der Waals surface area contributed by atoms with E-state index in [2.05, 4.69) is 12.2 Å². The minimum absolute atomic E-state index is 0.280. The molecule has 2 saturated carbocycles. The average molecular weight is 456 g/mol. The van der Waals surface area contributed by atoms with Crippen molar-refractivity contribution in [1.82, 2.24) is 0 Å². The second-order valence-electron chi connectivity index (χ2n) is 8.49. The highest BCUT2D eigenvalue weighted by Gasteiger charge is 2.40. The van der Waals surface area contributed by atoms with Crippen LogP contribution in [0.25, 0.3) is 0 Å². The molecule has 3 fully saturated rings. The molecule has 0 radical (unpaired) electrons. The van der Waals surface area contributed by atoms with Crippen molar-refractivity contribution >= 4 is 23.0 Å². The number of hydrogen-bond acceptors (Lipinski definition) is 7. The van der Waals surface area contributed by atoms with E-state index in [1.165, 1.54) is 44.1 Å². The zero-order valence-corrected chi connectivity index (χ0v) is 20.5. The van der Waals surface area contributed by atoms with Crippen molar-refractivity contribution in [3.63, 3.8) is 0 Å². The number of anilines is 1. The van der Waals surface area contributed by atoms with Crippen LogP contribution in [0, 0.1) is 11.8 Å². The Balaban J connectivity index is 0.000000261. The number of carbonyl (C=O) groups excluding carboxylic acids is 1. The highest BCUT2D eigenvalue weighted by Crippen LogP contribution is 2.37. The summed E-state index contributed by atoms with van der Waals surface area (Å²) in [6.07, 6.45) is 8.92. The zero-order valence-electron chi connectivity index (χ0n) is 19.7. The molecule has 2 aliphatic carbocycles. The van der Waals surface area contributed by atoms with Gasteiger partial charge in [0.05, 0.1) is 26.0 Å². The summed E-state index contributed by atoms with van der Waals surface area (Å²) in [7, 11) is 1.41. The Kier molecular flexibility index (Phi) is 11.3. The van der Waals surface area contributed by atoms with Gasteiger partial charge in [0.2, 0.25) is 0 Å². The minimum atomic E-state index is -0.335. The summed E-state index contributed by atoms with van der Waals surface area (Å²) in [5.74, 6) is 0.920. The maximum Gasteiger partial charge on any atom is 0.350 e. The van der Waals surface area contributed by atoms with E-state index >= 15 is 0 Å². The Hall–Kier alpha value is -1.15. The maximum absolute atomic E-state index is 11.6. The second kappa shape index (κ2) is 13.4.